The Morgan fingerprint density at radius 2 is 1.20 bits per heavy atom. The SMILES string of the molecule is C=CC1=C(C=C)C2(c3ccccc31)c1ccccc1-c1ccc(-c3ccc4c5nc6ccccc6cc5c5nc6ccccc6n5c4c3)cc12. The van der Waals surface area contributed by atoms with Gasteiger partial charge in [0.05, 0.1) is 33.0 Å². The number of aromatic nitrogens is 3. The average Bonchev–Trinajstić information content (AvgIpc) is 3.81. The zero-order valence-corrected chi connectivity index (χ0v) is 27.2. The number of hydrogen-bond acceptors (Lipinski definition) is 2. The van der Waals surface area contributed by atoms with Gasteiger partial charge in [0.1, 0.15) is 5.65 Å². The van der Waals surface area contributed by atoms with Gasteiger partial charge in [-0.15, -0.1) is 0 Å². The molecule has 2 aliphatic carbocycles. The Bertz CT molecular complexity index is 3030. The van der Waals surface area contributed by atoms with E-state index in [0.29, 0.717) is 0 Å². The van der Waals surface area contributed by atoms with Crippen LogP contribution in [-0.2, 0) is 5.41 Å². The number of pyridine rings is 2. The second-order valence-corrected chi connectivity index (χ2v) is 13.4. The lowest BCUT2D eigenvalue weighted by atomic mass is 9.69. The van der Waals surface area contributed by atoms with E-state index in [4.69, 9.17) is 9.97 Å². The summed E-state index contributed by atoms with van der Waals surface area (Å²) in [6, 6.07) is 50.5. The number of imidazole rings is 1. The Kier molecular flexibility index (Phi) is 5.34. The topological polar surface area (TPSA) is 30.2 Å². The molecular formula is C47H29N3. The summed E-state index contributed by atoms with van der Waals surface area (Å²) in [6.45, 7) is 8.64. The number of para-hydroxylation sites is 3. The standard InChI is InChI=1S/C47H29N3/c1-3-31-32-14-6-8-16-38(32)47(37(31)4-2)39-17-9-7-15-33(39)34-23-21-28(26-40(34)47)29-22-24-35-44(27-29)50-43-20-12-11-19-42(43)49-46(50)36-25-30-13-5-10-18-41(30)48-45(35)36/h3-27H,1-2H2. The van der Waals surface area contributed by atoms with Crippen LogP contribution in [0.15, 0.2) is 170 Å². The zero-order valence-electron chi connectivity index (χ0n) is 27.2. The van der Waals surface area contributed by atoms with Crippen LogP contribution < -0.4 is 0 Å². The first kappa shape index (κ1) is 27.4. The van der Waals surface area contributed by atoms with Crippen molar-refractivity contribution < 1.29 is 0 Å². The maximum atomic E-state index is 5.23. The molecule has 6 aromatic carbocycles. The normalized spacial score (nSPS) is 16.2. The molecule has 1 atom stereocenters. The Morgan fingerprint density at radius 3 is 2.04 bits per heavy atom. The van der Waals surface area contributed by atoms with E-state index >= 15 is 0 Å². The maximum absolute atomic E-state index is 5.23. The Labute approximate surface area is 288 Å². The number of fused-ring (bicyclic) bond motifs is 16. The van der Waals surface area contributed by atoms with Gasteiger partial charge in [-0.25, -0.2) is 9.97 Å². The van der Waals surface area contributed by atoms with Crippen LogP contribution in [0.1, 0.15) is 22.3 Å². The Morgan fingerprint density at radius 1 is 0.520 bits per heavy atom. The summed E-state index contributed by atoms with van der Waals surface area (Å²) in [4.78, 5) is 10.4. The molecule has 0 aliphatic heterocycles. The molecule has 11 rings (SSSR count). The lowest BCUT2D eigenvalue weighted by molar-refractivity contribution is 0.787. The summed E-state index contributed by atoms with van der Waals surface area (Å²) in [5, 5.41) is 3.27. The molecule has 0 N–H and O–H groups in total. The Hall–Kier alpha value is -6.58. The predicted molar refractivity (Wildman–Crippen MR) is 208 cm³/mol. The van der Waals surface area contributed by atoms with Gasteiger partial charge in [0.2, 0.25) is 0 Å². The number of nitrogens with zero attached hydrogens (tertiary/aromatic N) is 3. The van der Waals surface area contributed by atoms with Gasteiger partial charge in [-0.3, -0.25) is 4.40 Å². The first-order chi connectivity index (χ1) is 24.7. The van der Waals surface area contributed by atoms with Gasteiger partial charge in [0, 0.05) is 16.2 Å². The van der Waals surface area contributed by atoms with E-state index in [9.17, 15) is 0 Å². The molecule has 232 valence electrons. The Balaban J connectivity index is 1.22. The third-order valence-corrected chi connectivity index (χ3v) is 11.1. The summed E-state index contributed by atoms with van der Waals surface area (Å²) in [5.41, 5.74) is 17.8. The highest BCUT2D eigenvalue weighted by Crippen LogP contribution is 2.62. The molecule has 3 heteroatoms. The van der Waals surface area contributed by atoms with Crippen LogP contribution >= 0.6 is 0 Å². The molecule has 3 aromatic heterocycles. The molecule has 1 unspecified atom stereocenters. The van der Waals surface area contributed by atoms with Gasteiger partial charge >= 0.3 is 0 Å². The van der Waals surface area contributed by atoms with Crippen molar-refractivity contribution in [1.29, 1.82) is 0 Å². The monoisotopic (exact) mass is 635 g/mol. The van der Waals surface area contributed by atoms with E-state index in [2.05, 4.69) is 157 Å². The molecule has 0 fully saturated rings. The largest absolute Gasteiger partial charge is 0.292 e. The van der Waals surface area contributed by atoms with Crippen molar-refractivity contribution in [3.05, 3.63) is 193 Å². The van der Waals surface area contributed by atoms with Crippen molar-refractivity contribution in [3.8, 4) is 22.3 Å². The molecule has 1 spiro atoms. The molecule has 50 heavy (non-hydrogen) atoms. The minimum Gasteiger partial charge on any atom is -0.292 e. The van der Waals surface area contributed by atoms with E-state index in [0.717, 1.165) is 66.1 Å². The minimum absolute atomic E-state index is 0.477. The fraction of sp³-hybridized carbons (Fsp3) is 0.0213. The van der Waals surface area contributed by atoms with Gasteiger partial charge in [-0.05, 0) is 92.1 Å². The second-order valence-electron chi connectivity index (χ2n) is 13.4. The van der Waals surface area contributed by atoms with E-state index < -0.39 is 5.41 Å². The second kappa shape index (κ2) is 9.74. The summed E-state index contributed by atoms with van der Waals surface area (Å²) in [5.74, 6) is 0. The van der Waals surface area contributed by atoms with Crippen LogP contribution in [0.25, 0.3) is 77.2 Å². The minimum atomic E-state index is -0.477. The van der Waals surface area contributed by atoms with Gasteiger partial charge in [-0.2, -0.15) is 0 Å². The first-order valence-corrected chi connectivity index (χ1v) is 17.1. The van der Waals surface area contributed by atoms with Crippen molar-refractivity contribution in [2.24, 2.45) is 0 Å². The smallest absolute Gasteiger partial charge is 0.147 e. The van der Waals surface area contributed by atoms with Gasteiger partial charge < -0.3 is 0 Å². The molecule has 9 aromatic rings. The van der Waals surface area contributed by atoms with Crippen LogP contribution in [0.4, 0.5) is 0 Å². The number of allylic oxidation sites excluding steroid dienone is 4. The molecular weight excluding hydrogens is 607 g/mol. The van der Waals surface area contributed by atoms with Gasteiger partial charge in [-0.1, -0.05) is 128 Å². The van der Waals surface area contributed by atoms with Crippen molar-refractivity contribution in [2.75, 3.05) is 0 Å². The fourth-order valence-corrected chi connectivity index (χ4v) is 9.10. The lowest BCUT2D eigenvalue weighted by Crippen LogP contribution is -2.26. The number of benzene rings is 6. The lowest BCUT2D eigenvalue weighted by Gasteiger charge is -2.31. The van der Waals surface area contributed by atoms with Crippen molar-refractivity contribution in [1.82, 2.24) is 14.4 Å². The summed E-state index contributed by atoms with van der Waals surface area (Å²) in [7, 11) is 0. The van der Waals surface area contributed by atoms with E-state index in [-0.39, 0.29) is 0 Å². The van der Waals surface area contributed by atoms with Crippen molar-refractivity contribution in [2.45, 2.75) is 5.41 Å². The molecule has 0 bridgehead atoms. The average molecular weight is 636 g/mol. The molecule has 2 aliphatic rings. The van der Waals surface area contributed by atoms with Gasteiger partial charge in [0.25, 0.3) is 0 Å². The molecule has 3 heterocycles. The maximum Gasteiger partial charge on any atom is 0.147 e. The summed E-state index contributed by atoms with van der Waals surface area (Å²) in [6.07, 6.45) is 4.05. The quantitative estimate of drug-likeness (QED) is 0.143. The molecule has 0 saturated carbocycles. The fourth-order valence-electron chi connectivity index (χ4n) is 9.10. The third kappa shape index (κ3) is 3.29. The van der Waals surface area contributed by atoms with E-state index in [1.165, 1.54) is 39.0 Å². The van der Waals surface area contributed by atoms with Crippen molar-refractivity contribution in [3.63, 3.8) is 0 Å². The molecule has 0 amide bonds. The summed E-state index contributed by atoms with van der Waals surface area (Å²) < 4.78 is 2.32. The van der Waals surface area contributed by atoms with E-state index in [1.807, 2.05) is 12.2 Å². The van der Waals surface area contributed by atoms with Crippen LogP contribution in [0.5, 0.6) is 0 Å². The van der Waals surface area contributed by atoms with Crippen LogP contribution in [0, 0.1) is 0 Å². The predicted octanol–water partition coefficient (Wildman–Crippen LogP) is 11.5. The van der Waals surface area contributed by atoms with Crippen molar-refractivity contribution >= 4 is 55.0 Å². The molecule has 3 nitrogen and oxygen atoms in total. The summed E-state index contributed by atoms with van der Waals surface area (Å²) >= 11 is 0. The van der Waals surface area contributed by atoms with Crippen LogP contribution in [0.2, 0.25) is 0 Å². The highest BCUT2D eigenvalue weighted by atomic mass is 15.0. The number of rotatable bonds is 3. The van der Waals surface area contributed by atoms with E-state index in [1.54, 1.807) is 0 Å². The first-order valence-electron chi connectivity index (χ1n) is 17.1. The highest BCUT2D eigenvalue weighted by molar-refractivity contribution is 6.15. The number of hydrogen-bond donors (Lipinski definition) is 0. The van der Waals surface area contributed by atoms with Gasteiger partial charge in [0.15, 0.2) is 0 Å². The zero-order chi connectivity index (χ0) is 33.1. The van der Waals surface area contributed by atoms with Crippen LogP contribution in [0.3, 0.4) is 0 Å². The highest BCUT2D eigenvalue weighted by Gasteiger charge is 2.51. The third-order valence-electron chi connectivity index (χ3n) is 11.1. The molecule has 0 saturated heterocycles. The van der Waals surface area contributed by atoms with Crippen LogP contribution in [-0.4, -0.2) is 14.4 Å². The molecule has 0 radical (unpaired) electrons.